The van der Waals surface area contributed by atoms with Gasteiger partial charge in [-0.15, -0.1) is 0 Å². The monoisotopic (exact) mass is 210 g/mol. The third-order valence-corrected chi connectivity index (χ3v) is 2.98. The lowest BCUT2D eigenvalue weighted by atomic mass is 9.91. The summed E-state index contributed by atoms with van der Waals surface area (Å²) in [5.41, 5.74) is 3.44. The number of rotatable bonds is 1. The molecule has 5 heteroatoms. The fraction of sp³-hybridized carbons (Fsp3) is 1.00. The maximum Gasteiger partial charge on any atom is 0.406 e. The van der Waals surface area contributed by atoms with Gasteiger partial charge in [-0.05, 0) is 32.4 Å². The highest BCUT2D eigenvalue weighted by molar-refractivity contribution is 4.94. The summed E-state index contributed by atoms with van der Waals surface area (Å²) in [6, 6.07) is 0. The zero-order valence-corrected chi connectivity index (χ0v) is 8.40. The zero-order valence-electron chi connectivity index (χ0n) is 8.40. The van der Waals surface area contributed by atoms with Crippen molar-refractivity contribution in [3.8, 4) is 0 Å². The summed E-state index contributed by atoms with van der Waals surface area (Å²) < 4.78 is 37.8. The van der Waals surface area contributed by atoms with Crippen molar-refractivity contribution in [3.05, 3.63) is 0 Å². The van der Waals surface area contributed by atoms with Crippen molar-refractivity contribution < 1.29 is 13.2 Å². The molecule has 1 saturated heterocycles. The highest BCUT2D eigenvalue weighted by Gasteiger charge is 2.51. The lowest BCUT2D eigenvalue weighted by Gasteiger charge is -2.30. The fourth-order valence-electron chi connectivity index (χ4n) is 1.81. The summed E-state index contributed by atoms with van der Waals surface area (Å²) in [6.45, 7) is 3.93. The molecule has 1 rings (SSSR count). The molecule has 0 radical (unpaired) electrons. The van der Waals surface area contributed by atoms with Crippen molar-refractivity contribution in [1.29, 1.82) is 0 Å². The molecule has 0 aromatic rings. The Morgan fingerprint density at radius 2 is 1.93 bits per heavy atom. The number of likely N-dealkylation sites (tertiary alicyclic amines) is 1. The third kappa shape index (κ3) is 2.39. The summed E-state index contributed by atoms with van der Waals surface area (Å²) in [5, 5.41) is 0. The Morgan fingerprint density at radius 1 is 1.29 bits per heavy atom. The summed E-state index contributed by atoms with van der Waals surface area (Å²) >= 11 is 0. The van der Waals surface area contributed by atoms with Crippen molar-refractivity contribution >= 4 is 0 Å². The molecular formula is C9H17F3N2. The Balaban J connectivity index is 2.65. The zero-order chi connectivity index (χ0) is 10.8. The summed E-state index contributed by atoms with van der Waals surface area (Å²) in [7, 11) is 0. The molecule has 1 atom stereocenters. The molecule has 0 bridgehead atoms. The van der Waals surface area contributed by atoms with Gasteiger partial charge < -0.3 is 10.6 Å². The highest BCUT2D eigenvalue weighted by atomic mass is 19.4. The molecule has 1 aliphatic heterocycles. The average Bonchev–Trinajstić information content (AvgIpc) is 2.27. The van der Waals surface area contributed by atoms with Crippen molar-refractivity contribution in [2.45, 2.75) is 37.9 Å². The molecule has 0 saturated carbocycles. The minimum atomic E-state index is -4.27. The standard InChI is InChI=1S/C9H17F3N2/c1-2-14-6-3-4-8(13,5-7-14)9(10,11)12/h2-7,13H2,1H3. The Hall–Kier alpha value is -0.290. The van der Waals surface area contributed by atoms with Gasteiger partial charge in [-0.25, -0.2) is 0 Å². The van der Waals surface area contributed by atoms with Gasteiger partial charge in [0.2, 0.25) is 0 Å². The van der Waals surface area contributed by atoms with Crippen LogP contribution in [0.1, 0.15) is 26.2 Å². The third-order valence-electron chi connectivity index (χ3n) is 2.98. The summed E-state index contributed by atoms with van der Waals surface area (Å²) in [6.07, 6.45) is -3.67. The number of alkyl halides is 3. The molecule has 1 unspecified atom stereocenters. The minimum absolute atomic E-state index is 0.0182. The predicted octanol–water partition coefficient (Wildman–Crippen LogP) is 1.75. The van der Waals surface area contributed by atoms with Crippen LogP contribution < -0.4 is 5.73 Å². The molecule has 0 aliphatic carbocycles. The lowest BCUT2D eigenvalue weighted by molar-refractivity contribution is -0.188. The Kier molecular flexibility index (Phi) is 3.42. The van der Waals surface area contributed by atoms with E-state index >= 15 is 0 Å². The summed E-state index contributed by atoms with van der Waals surface area (Å²) in [5.74, 6) is 0. The molecule has 1 fully saturated rings. The van der Waals surface area contributed by atoms with Crippen LogP contribution in [0.3, 0.4) is 0 Å². The largest absolute Gasteiger partial charge is 0.406 e. The number of halogens is 3. The van der Waals surface area contributed by atoms with Crippen LogP contribution >= 0.6 is 0 Å². The first-order chi connectivity index (χ1) is 6.39. The lowest BCUT2D eigenvalue weighted by Crippen LogP contribution is -2.53. The fourth-order valence-corrected chi connectivity index (χ4v) is 1.81. The molecule has 84 valence electrons. The van der Waals surface area contributed by atoms with Crippen LogP contribution in [0.2, 0.25) is 0 Å². The van der Waals surface area contributed by atoms with Gasteiger partial charge in [-0.1, -0.05) is 6.92 Å². The van der Waals surface area contributed by atoms with E-state index in [-0.39, 0.29) is 12.8 Å². The molecule has 0 amide bonds. The van der Waals surface area contributed by atoms with E-state index in [1.54, 1.807) is 0 Å². The minimum Gasteiger partial charge on any atom is -0.318 e. The second kappa shape index (κ2) is 4.06. The van der Waals surface area contributed by atoms with Gasteiger partial charge in [-0.2, -0.15) is 13.2 Å². The van der Waals surface area contributed by atoms with Gasteiger partial charge in [0, 0.05) is 6.54 Å². The molecule has 1 aliphatic rings. The van der Waals surface area contributed by atoms with Gasteiger partial charge in [0.1, 0.15) is 5.54 Å². The van der Waals surface area contributed by atoms with Crippen molar-refractivity contribution in [1.82, 2.24) is 4.90 Å². The molecule has 0 aromatic heterocycles. The van der Waals surface area contributed by atoms with Crippen molar-refractivity contribution in [2.24, 2.45) is 5.73 Å². The smallest absolute Gasteiger partial charge is 0.318 e. The number of hydrogen-bond acceptors (Lipinski definition) is 2. The SMILES string of the molecule is CCN1CCCC(N)(C(F)(F)F)CC1. The molecule has 1 heterocycles. The number of hydrogen-bond donors (Lipinski definition) is 1. The Bertz CT molecular complexity index is 193. The topological polar surface area (TPSA) is 29.3 Å². The van der Waals surface area contributed by atoms with E-state index in [2.05, 4.69) is 0 Å². The van der Waals surface area contributed by atoms with E-state index in [0.29, 0.717) is 13.0 Å². The summed E-state index contributed by atoms with van der Waals surface area (Å²) in [4.78, 5) is 2.01. The predicted molar refractivity (Wildman–Crippen MR) is 48.9 cm³/mol. The van der Waals surface area contributed by atoms with E-state index in [1.807, 2.05) is 11.8 Å². The van der Waals surface area contributed by atoms with Crippen LogP contribution in [-0.4, -0.2) is 36.2 Å². The van der Waals surface area contributed by atoms with Crippen LogP contribution in [0, 0.1) is 0 Å². The molecule has 2 N–H and O–H groups in total. The molecule has 0 aromatic carbocycles. The normalized spacial score (nSPS) is 31.5. The maximum atomic E-state index is 12.6. The van der Waals surface area contributed by atoms with Gasteiger partial charge in [-0.3, -0.25) is 0 Å². The first-order valence-corrected chi connectivity index (χ1v) is 4.97. The van der Waals surface area contributed by atoms with Gasteiger partial charge in [0.25, 0.3) is 0 Å². The molecule has 2 nitrogen and oxygen atoms in total. The highest BCUT2D eigenvalue weighted by Crippen LogP contribution is 2.36. The number of nitrogens with two attached hydrogens (primary N) is 1. The van der Waals surface area contributed by atoms with Gasteiger partial charge in [0.05, 0.1) is 0 Å². The quantitative estimate of drug-likeness (QED) is 0.714. The van der Waals surface area contributed by atoms with E-state index in [1.165, 1.54) is 0 Å². The van der Waals surface area contributed by atoms with Crippen LogP contribution in [-0.2, 0) is 0 Å². The molecule has 14 heavy (non-hydrogen) atoms. The van der Waals surface area contributed by atoms with Crippen LogP contribution in [0.15, 0.2) is 0 Å². The van der Waals surface area contributed by atoms with Crippen LogP contribution in [0.4, 0.5) is 13.2 Å². The van der Waals surface area contributed by atoms with E-state index < -0.39 is 11.7 Å². The van der Waals surface area contributed by atoms with E-state index in [0.717, 1.165) is 13.1 Å². The van der Waals surface area contributed by atoms with Gasteiger partial charge in [0.15, 0.2) is 0 Å². The van der Waals surface area contributed by atoms with Gasteiger partial charge >= 0.3 is 6.18 Å². The van der Waals surface area contributed by atoms with Crippen molar-refractivity contribution in [2.75, 3.05) is 19.6 Å². The number of nitrogens with zero attached hydrogens (tertiary/aromatic N) is 1. The second-order valence-electron chi connectivity index (χ2n) is 3.94. The van der Waals surface area contributed by atoms with E-state index in [4.69, 9.17) is 5.73 Å². The van der Waals surface area contributed by atoms with E-state index in [9.17, 15) is 13.2 Å². The van der Waals surface area contributed by atoms with Crippen molar-refractivity contribution in [3.63, 3.8) is 0 Å². The van der Waals surface area contributed by atoms with Crippen LogP contribution in [0.25, 0.3) is 0 Å². The van der Waals surface area contributed by atoms with Crippen LogP contribution in [0.5, 0.6) is 0 Å². The molecule has 0 spiro atoms. The first kappa shape index (κ1) is 11.8. The average molecular weight is 210 g/mol. The Labute approximate surface area is 82.2 Å². The second-order valence-corrected chi connectivity index (χ2v) is 3.94. The molecular weight excluding hydrogens is 193 g/mol. The Morgan fingerprint density at radius 3 is 2.43 bits per heavy atom. The maximum absolute atomic E-state index is 12.6. The first-order valence-electron chi connectivity index (χ1n) is 4.97.